The van der Waals surface area contributed by atoms with Crippen LogP contribution in [0.2, 0.25) is 0 Å². The Balaban J connectivity index is 2.30. The SMILES string of the molecule is CS(=O)c1ccc(S(=O)(=O)CC(=O)Nc2ccccc2SC(F)(F)F)c([N+](=O)[O-])c1. The number of nitro groups is 1. The van der Waals surface area contributed by atoms with Crippen LogP contribution in [0.3, 0.4) is 0 Å². The fourth-order valence-corrected chi connectivity index (χ4v) is 4.76. The standard InChI is InChI=1S/C16H13F3N2O6S3/c1-29(25)10-6-7-14(12(8-10)21(23)24)30(26,27)9-15(22)20-11-4-2-3-5-13(11)28-16(17,18)19/h2-8H,9H2,1H3,(H,20,22). The molecular formula is C16H13F3N2O6S3. The summed E-state index contributed by atoms with van der Waals surface area (Å²) in [5, 5.41) is 13.3. The van der Waals surface area contributed by atoms with Crippen molar-refractivity contribution in [1.29, 1.82) is 0 Å². The molecule has 2 aromatic rings. The Bertz CT molecular complexity index is 1120. The molecule has 0 saturated carbocycles. The third-order valence-corrected chi connectivity index (χ3v) is 6.88. The van der Waals surface area contributed by atoms with Gasteiger partial charge in [0, 0.05) is 22.1 Å². The molecule has 0 aliphatic heterocycles. The first-order valence-corrected chi connectivity index (χ1v) is 11.8. The van der Waals surface area contributed by atoms with Crippen molar-refractivity contribution in [1.82, 2.24) is 0 Å². The van der Waals surface area contributed by atoms with Gasteiger partial charge in [-0.1, -0.05) is 12.1 Å². The first-order chi connectivity index (χ1) is 13.8. The smallest absolute Gasteiger partial charge is 0.324 e. The number of para-hydroxylation sites is 1. The number of nitrogens with zero attached hydrogens (tertiary/aromatic N) is 1. The molecule has 1 amide bonds. The number of halogens is 3. The molecule has 30 heavy (non-hydrogen) atoms. The number of rotatable bonds is 7. The van der Waals surface area contributed by atoms with Crippen molar-refractivity contribution in [2.24, 2.45) is 0 Å². The van der Waals surface area contributed by atoms with Crippen molar-refractivity contribution in [2.45, 2.75) is 20.2 Å². The molecule has 2 aromatic carbocycles. The molecule has 0 saturated heterocycles. The molecule has 14 heteroatoms. The average Bonchev–Trinajstić information content (AvgIpc) is 2.61. The summed E-state index contributed by atoms with van der Waals surface area (Å²) in [5.74, 6) is -2.42. The number of amides is 1. The molecule has 0 fully saturated rings. The normalized spacial score (nSPS) is 12.9. The molecule has 8 nitrogen and oxygen atoms in total. The van der Waals surface area contributed by atoms with Crippen LogP contribution in [0.15, 0.2) is 57.2 Å². The lowest BCUT2D eigenvalue weighted by Crippen LogP contribution is -2.24. The van der Waals surface area contributed by atoms with Gasteiger partial charge in [-0.3, -0.25) is 19.1 Å². The summed E-state index contributed by atoms with van der Waals surface area (Å²) in [6.07, 6.45) is 1.25. The van der Waals surface area contributed by atoms with E-state index in [2.05, 4.69) is 5.32 Å². The van der Waals surface area contributed by atoms with Gasteiger partial charge in [0.2, 0.25) is 5.91 Å². The summed E-state index contributed by atoms with van der Waals surface area (Å²) in [6, 6.07) is 7.72. The van der Waals surface area contributed by atoms with Crippen LogP contribution < -0.4 is 5.32 Å². The number of benzene rings is 2. The van der Waals surface area contributed by atoms with Crippen LogP contribution in [0.1, 0.15) is 0 Å². The van der Waals surface area contributed by atoms with E-state index in [4.69, 9.17) is 0 Å². The Morgan fingerprint density at radius 1 is 1.23 bits per heavy atom. The van der Waals surface area contributed by atoms with Crippen molar-refractivity contribution in [3.63, 3.8) is 0 Å². The topological polar surface area (TPSA) is 123 Å². The predicted octanol–water partition coefficient (Wildman–Crippen LogP) is 3.36. The first kappa shape index (κ1) is 23.8. The molecule has 0 bridgehead atoms. The third-order valence-electron chi connectivity index (χ3n) is 3.50. The van der Waals surface area contributed by atoms with Crippen molar-refractivity contribution < 1.29 is 35.5 Å². The highest BCUT2D eigenvalue weighted by atomic mass is 32.2. The van der Waals surface area contributed by atoms with E-state index in [1.54, 1.807) is 0 Å². The van der Waals surface area contributed by atoms with Gasteiger partial charge >= 0.3 is 5.51 Å². The zero-order chi connectivity index (χ0) is 22.7. The third kappa shape index (κ3) is 6.27. The summed E-state index contributed by atoms with van der Waals surface area (Å²) in [7, 11) is -6.14. The number of nitrogens with one attached hydrogen (secondary N) is 1. The minimum Gasteiger partial charge on any atom is -0.324 e. The van der Waals surface area contributed by atoms with Crippen LogP contribution in [-0.2, 0) is 25.4 Å². The van der Waals surface area contributed by atoms with Gasteiger partial charge in [0.05, 0.1) is 21.4 Å². The van der Waals surface area contributed by atoms with E-state index in [1.165, 1.54) is 18.4 Å². The molecule has 162 valence electrons. The number of hydrogen-bond acceptors (Lipinski definition) is 7. The minimum atomic E-state index is -4.63. The van der Waals surface area contributed by atoms with Gasteiger partial charge in [-0.15, -0.1) is 0 Å². The molecule has 1 unspecified atom stereocenters. The Labute approximate surface area is 175 Å². The van der Waals surface area contributed by atoms with E-state index in [1.807, 2.05) is 0 Å². The van der Waals surface area contributed by atoms with Crippen LogP contribution in [0, 0.1) is 10.1 Å². The van der Waals surface area contributed by atoms with Crippen LogP contribution in [0.25, 0.3) is 0 Å². The summed E-state index contributed by atoms with van der Waals surface area (Å²) in [5.41, 5.74) is -5.75. The Morgan fingerprint density at radius 2 is 1.87 bits per heavy atom. The molecule has 0 aromatic heterocycles. The van der Waals surface area contributed by atoms with Gasteiger partial charge in [0.15, 0.2) is 9.84 Å². The van der Waals surface area contributed by atoms with Crippen LogP contribution in [0.5, 0.6) is 0 Å². The van der Waals surface area contributed by atoms with Crippen LogP contribution in [0.4, 0.5) is 24.5 Å². The molecule has 1 atom stereocenters. The van der Waals surface area contributed by atoms with E-state index < -0.39 is 65.1 Å². The zero-order valence-corrected chi connectivity index (χ0v) is 17.5. The maximum absolute atomic E-state index is 12.6. The molecule has 1 N–H and O–H groups in total. The predicted molar refractivity (Wildman–Crippen MR) is 104 cm³/mol. The first-order valence-electron chi connectivity index (χ1n) is 7.79. The number of alkyl halides is 3. The lowest BCUT2D eigenvalue weighted by Gasteiger charge is -2.12. The molecular weight excluding hydrogens is 469 g/mol. The summed E-state index contributed by atoms with van der Waals surface area (Å²) in [4.78, 5) is 21.3. The van der Waals surface area contributed by atoms with Crippen molar-refractivity contribution in [2.75, 3.05) is 17.3 Å². The maximum atomic E-state index is 12.6. The van der Waals surface area contributed by atoms with Crippen LogP contribution in [-0.4, -0.2) is 41.0 Å². The number of anilines is 1. The van der Waals surface area contributed by atoms with Crippen LogP contribution >= 0.6 is 11.8 Å². The molecule has 0 heterocycles. The second kappa shape index (κ2) is 9.14. The van der Waals surface area contributed by atoms with Gasteiger partial charge in [0.1, 0.15) is 10.6 Å². The van der Waals surface area contributed by atoms with Gasteiger partial charge in [-0.2, -0.15) is 13.2 Å². The summed E-state index contributed by atoms with van der Waals surface area (Å²) >= 11 is -0.488. The second-order valence-corrected chi connectivity index (χ2v) is 10.1. The highest BCUT2D eigenvalue weighted by Gasteiger charge is 2.32. The molecule has 0 aliphatic carbocycles. The van der Waals surface area contributed by atoms with Gasteiger partial charge in [-0.25, -0.2) is 8.42 Å². The van der Waals surface area contributed by atoms with E-state index in [9.17, 15) is 40.7 Å². The van der Waals surface area contributed by atoms with Gasteiger partial charge in [0.25, 0.3) is 5.69 Å². The highest BCUT2D eigenvalue weighted by molar-refractivity contribution is 8.00. The number of carbonyl (C=O) groups is 1. The van der Waals surface area contributed by atoms with E-state index in [0.717, 1.165) is 30.3 Å². The quantitative estimate of drug-likeness (QED) is 0.365. The average molecular weight is 482 g/mol. The second-order valence-electron chi connectivity index (χ2n) is 5.69. The van der Waals surface area contributed by atoms with Crippen molar-refractivity contribution in [3.8, 4) is 0 Å². The lowest BCUT2D eigenvalue weighted by molar-refractivity contribution is -0.388. The summed E-state index contributed by atoms with van der Waals surface area (Å²) < 4.78 is 74.4. The number of sulfone groups is 1. The summed E-state index contributed by atoms with van der Waals surface area (Å²) in [6.45, 7) is 0. The Morgan fingerprint density at radius 3 is 2.43 bits per heavy atom. The Hall–Kier alpha value is -2.45. The van der Waals surface area contributed by atoms with Gasteiger partial charge < -0.3 is 5.32 Å². The molecule has 0 spiro atoms. The largest absolute Gasteiger partial charge is 0.446 e. The van der Waals surface area contributed by atoms with E-state index in [0.29, 0.717) is 0 Å². The Kier molecular flexibility index (Phi) is 7.26. The number of hydrogen-bond donors (Lipinski definition) is 1. The molecule has 0 aliphatic rings. The fourth-order valence-electron chi connectivity index (χ4n) is 2.30. The fraction of sp³-hybridized carbons (Fsp3) is 0.188. The van der Waals surface area contributed by atoms with E-state index in [-0.39, 0.29) is 15.5 Å². The highest BCUT2D eigenvalue weighted by Crippen LogP contribution is 2.40. The number of carbonyl (C=O) groups excluding carboxylic acids is 1. The van der Waals surface area contributed by atoms with E-state index >= 15 is 0 Å². The number of thioether (sulfide) groups is 1. The zero-order valence-electron chi connectivity index (χ0n) is 15.0. The van der Waals surface area contributed by atoms with Gasteiger partial charge in [-0.05, 0) is 36.0 Å². The number of nitro benzene ring substituents is 1. The van der Waals surface area contributed by atoms with Crippen molar-refractivity contribution >= 4 is 49.7 Å². The molecule has 2 rings (SSSR count). The minimum absolute atomic E-state index is 0.0169. The monoisotopic (exact) mass is 482 g/mol. The molecule has 0 radical (unpaired) electrons. The lowest BCUT2D eigenvalue weighted by atomic mass is 10.3. The maximum Gasteiger partial charge on any atom is 0.446 e. The van der Waals surface area contributed by atoms with Crippen molar-refractivity contribution in [3.05, 3.63) is 52.6 Å².